The molecule has 0 radical (unpaired) electrons. The molecule has 1 heterocycles. The lowest BCUT2D eigenvalue weighted by Gasteiger charge is -2.35. The van der Waals surface area contributed by atoms with E-state index in [2.05, 4.69) is 11.6 Å². The van der Waals surface area contributed by atoms with E-state index in [-0.39, 0.29) is 5.91 Å². The van der Waals surface area contributed by atoms with E-state index < -0.39 is 17.7 Å². The highest BCUT2D eigenvalue weighted by molar-refractivity contribution is 7.97. The number of anilines is 1. The average Bonchev–Trinajstić information content (AvgIpc) is 2.55. The molecule has 0 spiro atoms. The SMILES string of the molecule is CSCc1ccc(NC(=O)[C@H]2CCCCN2C(=O)OC(C)(C)C)cc1. The van der Waals surface area contributed by atoms with Gasteiger partial charge in [-0.15, -0.1) is 0 Å². The molecule has 0 saturated carbocycles. The van der Waals surface area contributed by atoms with Crippen LogP contribution in [0.3, 0.4) is 0 Å². The number of hydrogen-bond acceptors (Lipinski definition) is 4. The maximum atomic E-state index is 12.7. The summed E-state index contributed by atoms with van der Waals surface area (Å²) in [7, 11) is 0. The van der Waals surface area contributed by atoms with Crippen molar-refractivity contribution in [3.8, 4) is 0 Å². The summed E-state index contributed by atoms with van der Waals surface area (Å²) in [5.41, 5.74) is 1.41. The number of carbonyl (C=O) groups excluding carboxylic acids is 2. The molecular formula is C19H28N2O3S. The minimum atomic E-state index is -0.567. The first-order valence-corrected chi connectivity index (χ1v) is 10.1. The molecule has 25 heavy (non-hydrogen) atoms. The normalized spacial score (nSPS) is 17.9. The molecule has 0 aromatic heterocycles. The molecule has 1 atom stereocenters. The first kappa shape index (κ1) is 19.6. The smallest absolute Gasteiger partial charge is 0.410 e. The zero-order valence-electron chi connectivity index (χ0n) is 15.5. The standard InChI is InChI=1S/C19H28N2O3S/c1-19(2,3)24-18(23)21-12-6-5-7-16(21)17(22)20-15-10-8-14(9-11-15)13-25-4/h8-11,16H,5-7,12-13H2,1-4H3,(H,20,22)/t16-/m1/s1. The van der Waals surface area contributed by atoms with E-state index in [1.165, 1.54) is 5.56 Å². The summed E-state index contributed by atoms with van der Waals surface area (Å²) in [6, 6.07) is 7.36. The highest BCUT2D eigenvalue weighted by atomic mass is 32.2. The molecule has 2 rings (SSSR count). The van der Waals surface area contributed by atoms with Crippen molar-refractivity contribution in [2.45, 2.75) is 57.4 Å². The van der Waals surface area contributed by atoms with Crippen LogP contribution in [0.25, 0.3) is 0 Å². The third kappa shape index (κ3) is 5.96. The van der Waals surface area contributed by atoms with E-state index in [9.17, 15) is 9.59 Å². The van der Waals surface area contributed by atoms with Crippen LogP contribution in [0.15, 0.2) is 24.3 Å². The first-order chi connectivity index (χ1) is 11.8. The fourth-order valence-electron chi connectivity index (χ4n) is 2.82. The van der Waals surface area contributed by atoms with E-state index in [0.717, 1.165) is 24.3 Å². The average molecular weight is 365 g/mol. The molecule has 138 valence electrons. The molecule has 0 aliphatic carbocycles. The van der Waals surface area contributed by atoms with Gasteiger partial charge in [0.25, 0.3) is 0 Å². The predicted molar refractivity (Wildman–Crippen MR) is 103 cm³/mol. The van der Waals surface area contributed by atoms with Crippen molar-refractivity contribution in [1.82, 2.24) is 4.90 Å². The summed E-state index contributed by atoms with van der Waals surface area (Å²) in [6.07, 6.45) is 4.14. The van der Waals surface area contributed by atoms with Gasteiger partial charge in [0.15, 0.2) is 0 Å². The van der Waals surface area contributed by atoms with Crippen LogP contribution in [0, 0.1) is 0 Å². The second kappa shape index (κ2) is 8.61. The summed E-state index contributed by atoms with van der Waals surface area (Å²) in [4.78, 5) is 26.7. The number of thioether (sulfide) groups is 1. The maximum absolute atomic E-state index is 12.7. The molecule has 1 aromatic rings. The quantitative estimate of drug-likeness (QED) is 0.866. The van der Waals surface area contributed by atoms with Gasteiger partial charge in [-0.2, -0.15) is 11.8 Å². The van der Waals surface area contributed by atoms with E-state index >= 15 is 0 Å². The van der Waals surface area contributed by atoms with Crippen LogP contribution in [0.1, 0.15) is 45.6 Å². The Balaban J connectivity index is 2.03. The summed E-state index contributed by atoms with van der Waals surface area (Å²) < 4.78 is 5.46. The van der Waals surface area contributed by atoms with Crippen LogP contribution < -0.4 is 5.32 Å². The Morgan fingerprint density at radius 2 is 1.92 bits per heavy atom. The number of nitrogens with one attached hydrogen (secondary N) is 1. The van der Waals surface area contributed by atoms with E-state index in [1.807, 2.05) is 45.0 Å². The Morgan fingerprint density at radius 1 is 1.24 bits per heavy atom. The van der Waals surface area contributed by atoms with Crippen molar-refractivity contribution < 1.29 is 14.3 Å². The topological polar surface area (TPSA) is 58.6 Å². The summed E-state index contributed by atoms with van der Waals surface area (Å²) >= 11 is 1.76. The van der Waals surface area contributed by atoms with E-state index in [4.69, 9.17) is 4.74 Å². The van der Waals surface area contributed by atoms with Gasteiger partial charge in [-0.1, -0.05) is 12.1 Å². The zero-order valence-corrected chi connectivity index (χ0v) is 16.3. The van der Waals surface area contributed by atoms with Gasteiger partial charge in [-0.3, -0.25) is 9.69 Å². The van der Waals surface area contributed by atoms with Gasteiger partial charge in [-0.05, 0) is 64.0 Å². The van der Waals surface area contributed by atoms with Gasteiger partial charge < -0.3 is 10.1 Å². The third-order valence-corrected chi connectivity index (χ3v) is 4.59. The van der Waals surface area contributed by atoms with Crippen LogP contribution >= 0.6 is 11.8 Å². The van der Waals surface area contributed by atoms with Gasteiger partial charge in [0.05, 0.1) is 0 Å². The van der Waals surface area contributed by atoms with E-state index in [0.29, 0.717) is 13.0 Å². The molecular weight excluding hydrogens is 336 g/mol. The molecule has 1 aliphatic heterocycles. The van der Waals surface area contributed by atoms with Crippen molar-refractivity contribution in [2.75, 3.05) is 18.1 Å². The number of carbonyl (C=O) groups is 2. The van der Waals surface area contributed by atoms with Crippen LogP contribution in [-0.4, -0.2) is 41.3 Å². The third-order valence-electron chi connectivity index (χ3n) is 3.97. The number of rotatable bonds is 4. The molecule has 1 fully saturated rings. The molecule has 1 saturated heterocycles. The molecule has 1 aromatic carbocycles. The van der Waals surface area contributed by atoms with Crippen molar-refractivity contribution in [1.29, 1.82) is 0 Å². The summed E-state index contributed by atoms with van der Waals surface area (Å²) in [5.74, 6) is 0.798. The fourth-order valence-corrected chi connectivity index (χ4v) is 3.35. The molecule has 5 nitrogen and oxygen atoms in total. The van der Waals surface area contributed by atoms with Crippen LogP contribution in [0.4, 0.5) is 10.5 Å². The Kier molecular flexibility index (Phi) is 6.76. The molecule has 1 aliphatic rings. The van der Waals surface area contributed by atoms with Gasteiger partial charge in [0, 0.05) is 18.0 Å². The number of amides is 2. The monoisotopic (exact) mass is 364 g/mol. The van der Waals surface area contributed by atoms with Gasteiger partial charge in [0.2, 0.25) is 5.91 Å². The molecule has 6 heteroatoms. The maximum Gasteiger partial charge on any atom is 0.410 e. The lowest BCUT2D eigenvalue weighted by Crippen LogP contribution is -2.51. The van der Waals surface area contributed by atoms with Crippen molar-refractivity contribution in [2.24, 2.45) is 0 Å². The first-order valence-electron chi connectivity index (χ1n) is 8.68. The van der Waals surface area contributed by atoms with Crippen LogP contribution in [0.5, 0.6) is 0 Å². The Morgan fingerprint density at radius 3 is 2.52 bits per heavy atom. The number of likely N-dealkylation sites (tertiary alicyclic amines) is 1. The van der Waals surface area contributed by atoms with Crippen LogP contribution in [0.2, 0.25) is 0 Å². The molecule has 0 unspecified atom stereocenters. The predicted octanol–water partition coefficient (Wildman–Crippen LogP) is 4.28. The van der Waals surface area contributed by atoms with Crippen molar-refractivity contribution in [3.05, 3.63) is 29.8 Å². The Labute approximate surface area is 154 Å². The van der Waals surface area contributed by atoms with Crippen LogP contribution in [-0.2, 0) is 15.3 Å². The van der Waals surface area contributed by atoms with E-state index in [1.54, 1.807) is 16.7 Å². The minimum absolute atomic E-state index is 0.150. The number of piperidine rings is 1. The highest BCUT2D eigenvalue weighted by Crippen LogP contribution is 2.22. The number of nitrogens with zero attached hydrogens (tertiary/aromatic N) is 1. The Bertz CT molecular complexity index is 596. The summed E-state index contributed by atoms with van der Waals surface area (Å²) in [6.45, 7) is 6.06. The minimum Gasteiger partial charge on any atom is -0.444 e. The molecule has 1 N–H and O–H groups in total. The number of hydrogen-bond donors (Lipinski definition) is 1. The van der Waals surface area contributed by atoms with Crippen molar-refractivity contribution in [3.63, 3.8) is 0 Å². The lowest BCUT2D eigenvalue weighted by molar-refractivity contribution is -0.122. The Hall–Kier alpha value is -1.69. The fraction of sp³-hybridized carbons (Fsp3) is 0.579. The molecule has 2 amide bonds. The van der Waals surface area contributed by atoms with Crippen molar-refractivity contribution >= 4 is 29.4 Å². The number of ether oxygens (including phenoxy) is 1. The van der Waals surface area contributed by atoms with Gasteiger partial charge in [0.1, 0.15) is 11.6 Å². The lowest BCUT2D eigenvalue weighted by atomic mass is 10.0. The highest BCUT2D eigenvalue weighted by Gasteiger charge is 2.34. The second-order valence-corrected chi connectivity index (χ2v) is 8.17. The number of benzene rings is 1. The summed E-state index contributed by atoms with van der Waals surface area (Å²) in [5, 5.41) is 2.93. The van der Waals surface area contributed by atoms with Gasteiger partial charge >= 0.3 is 6.09 Å². The molecule has 0 bridgehead atoms. The zero-order chi connectivity index (χ0) is 18.4. The largest absolute Gasteiger partial charge is 0.444 e. The van der Waals surface area contributed by atoms with Gasteiger partial charge in [-0.25, -0.2) is 4.79 Å². The second-order valence-electron chi connectivity index (χ2n) is 7.30.